The van der Waals surface area contributed by atoms with Gasteiger partial charge in [0.1, 0.15) is 5.60 Å². The van der Waals surface area contributed by atoms with Crippen LogP contribution >= 0.6 is 27.3 Å². The zero-order valence-electron chi connectivity index (χ0n) is 13.1. The highest BCUT2D eigenvalue weighted by molar-refractivity contribution is 9.11. The van der Waals surface area contributed by atoms with Crippen molar-refractivity contribution < 1.29 is 19.2 Å². The lowest BCUT2D eigenvalue weighted by Gasteiger charge is -2.21. The molecule has 0 fully saturated rings. The molecular formula is C13H18BrN3O5S. The average molecular weight is 408 g/mol. The summed E-state index contributed by atoms with van der Waals surface area (Å²) in [5.74, 6) is -0.564. The van der Waals surface area contributed by atoms with E-state index in [1.165, 1.54) is 6.07 Å². The fourth-order valence-electron chi connectivity index (χ4n) is 1.54. The van der Waals surface area contributed by atoms with Crippen LogP contribution in [0, 0.1) is 10.1 Å². The number of halogens is 1. The molecule has 0 unspecified atom stereocenters. The van der Waals surface area contributed by atoms with Gasteiger partial charge in [-0.1, -0.05) is 0 Å². The summed E-state index contributed by atoms with van der Waals surface area (Å²) < 4.78 is 5.57. The van der Waals surface area contributed by atoms with Gasteiger partial charge >= 0.3 is 6.09 Å². The molecule has 10 heteroatoms. The number of carbonyl (C=O) groups is 2. The lowest BCUT2D eigenvalue weighted by atomic mass is 10.2. The average Bonchev–Trinajstić information content (AvgIpc) is 2.77. The van der Waals surface area contributed by atoms with E-state index in [0.717, 1.165) is 11.3 Å². The molecule has 0 radical (unpaired) electrons. The van der Waals surface area contributed by atoms with Crippen molar-refractivity contribution in [3.8, 4) is 0 Å². The van der Waals surface area contributed by atoms with E-state index in [9.17, 15) is 19.7 Å². The molecule has 8 nitrogen and oxygen atoms in total. The van der Waals surface area contributed by atoms with Crippen molar-refractivity contribution >= 4 is 45.0 Å². The van der Waals surface area contributed by atoms with E-state index >= 15 is 0 Å². The minimum absolute atomic E-state index is 0.00555. The number of ether oxygens (including phenoxy) is 1. The Morgan fingerprint density at radius 1 is 1.48 bits per heavy atom. The minimum atomic E-state index is -0.611. The lowest BCUT2D eigenvalue weighted by Crippen LogP contribution is -2.43. The van der Waals surface area contributed by atoms with E-state index in [0.29, 0.717) is 3.79 Å². The molecule has 1 heterocycles. The van der Waals surface area contributed by atoms with Gasteiger partial charge in [0.25, 0.3) is 11.6 Å². The van der Waals surface area contributed by atoms with Crippen LogP contribution in [0.2, 0.25) is 0 Å². The van der Waals surface area contributed by atoms with E-state index in [1.807, 2.05) is 0 Å². The van der Waals surface area contributed by atoms with Gasteiger partial charge < -0.3 is 15.4 Å². The summed E-state index contributed by atoms with van der Waals surface area (Å²) in [6, 6.07) is 0.860. The molecule has 1 aromatic heterocycles. The second kappa shape index (κ2) is 7.73. The predicted molar refractivity (Wildman–Crippen MR) is 89.8 cm³/mol. The summed E-state index contributed by atoms with van der Waals surface area (Å²) >= 11 is 4.10. The van der Waals surface area contributed by atoms with Crippen LogP contribution in [0.1, 0.15) is 37.4 Å². The van der Waals surface area contributed by atoms with Gasteiger partial charge in [-0.05, 0) is 43.6 Å². The Morgan fingerprint density at radius 3 is 2.61 bits per heavy atom. The topological polar surface area (TPSA) is 111 Å². The van der Waals surface area contributed by atoms with Gasteiger partial charge in [0.05, 0.1) is 8.71 Å². The predicted octanol–water partition coefficient (Wildman–Crippen LogP) is 3.06. The van der Waals surface area contributed by atoms with E-state index < -0.39 is 28.6 Å². The molecular weight excluding hydrogens is 390 g/mol. The van der Waals surface area contributed by atoms with Crippen molar-refractivity contribution in [2.45, 2.75) is 39.3 Å². The molecule has 0 aliphatic heterocycles. The second-order valence-corrected chi connectivity index (χ2v) is 8.21. The number of thiophene rings is 1. The molecule has 0 aromatic carbocycles. The first-order chi connectivity index (χ1) is 10.5. The SMILES string of the molecule is C[C@@H](CNC(=O)OC(C)(C)C)NC(=O)c1sc(Br)cc1[N+](=O)[O-]. The van der Waals surface area contributed by atoms with Crippen LogP contribution in [0.15, 0.2) is 9.85 Å². The zero-order chi connectivity index (χ0) is 17.8. The van der Waals surface area contributed by atoms with Gasteiger partial charge in [-0.25, -0.2) is 4.79 Å². The first kappa shape index (κ1) is 19.4. The highest BCUT2D eigenvalue weighted by Gasteiger charge is 2.25. The van der Waals surface area contributed by atoms with Crippen molar-refractivity contribution in [3.05, 3.63) is 24.8 Å². The standard InChI is InChI=1S/C13H18BrN3O5S/c1-7(6-15-12(19)22-13(2,3)4)16-11(18)10-8(17(20)21)5-9(14)23-10/h5,7H,6H2,1-4H3,(H,15,19)(H,16,18)/t7-/m0/s1. The summed E-state index contributed by atoms with van der Waals surface area (Å²) in [6.07, 6.45) is -0.594. The van der Waals surface area contributed by atoms with Gasteiger partial charge in [-0.3, -0.25) is 14.9 Å². The van der Waals surface area contributed by atoms with Crippen molar-refractivity contribution in [2.24, 2.45) is 0 Å². The summed E-state index contributed by atoms with van der Waals surface area (Å²) in [4.78, 5) is 33.9. The largest absolute Gasteiger partial charge is 0.444 e. The molecule has 2 amide bonds. The number of hydrogen-bond acceptors (Lipinski definition) is 6. The molecule has 1 atom stereocenters. The minimum Gasteiger partial charge on any atom is -0.444 e. The number of hydrogen-bond donors (Lipinski definition) is 2. The smallest absolute Gasteiger partial charge is 0.407 e. The highest BCUT2D eigenvalue weighted by atomic mass is 79.9. The number of carbonyl (C=O) groups excluding carboxylic acids is 2. The molecule has 0 saturated heterocycles. The van der Waals surface area contributed by atoms with Crippen LogP contribution in [0.4, 0.5) is 10.5 Å². The van der Waals surface area contributed by atoms with Crippen molar-refractivity contribution in [2.75, 3.05) is 6.54 Å². The number of nitrogens with one attached hydrogen (secondary N) is 2. The third kappa shape index (κ3) is 6.53. The molecule has 0 bridgehead atoms. The number of amides is 2. The molecule has 0 aliphatic rings. The third-order valence-electron chi connectivity index (χ3n) is 2.41. The molecule has 0 saturated carbocycles. The molecule has 1 rings (SSSR count). The van der Waals surface area contributed by atoms with Gasteiger partial charge in [0.2, 0.25) is 0 Å². The van der Waals surface area contributed by atoms with Crippen molar-refractivity contribution in [3.63, 3.8) is 0 Å². The fraction of sp³-hybridized carbons (Fsp3) is 0.538. The summed E-state index contributed by atoms with van der Waals surface area (Å²) in [6.45, 7) is 7.04. The lowest BCUT2D eigenvalue weighted by molar-refractivity contribution is -0.384. The molecule has 128 valence electrons. The van der Waals surface area contributed by atoms with Crippen LogP contribution in [0.5, 0.6) is 0 Å². The van der Waals surface area contributed by atoms with E-state index in [1.54, 1.807) is 27.7 Å². The first-order valence-electron chi connectivity index (χ1n) is 6.71. The first-order valence-corrected chi connectivity index (χ1v) is 8.32. The quantitative estimate of drug-likeness (QED) is 0.575. The Morgan fingerprint density at radius 2 is 2.09 bits per heavy atom. The van der Waals surface area contributed by atoms with Gasteiger partial charge in [-0.15, -0.1) is 11.3 Å². The zero-order valence-corrected chi connectivity index (χ0v) is 15.5. The molecule has 0 spiro atoms. The third-order valence-corrected chi connectivity index (χ3v) is 4.04. The highest BCUT2D eigenvalue weighted by Crippen LogP contribution is 2.32. The van der Waals surface area contributed by atoms with Crippen LogP contribution in [-0.4, -0.2) is 35.1 Å². The van der Waals surface area contributed by atoms with Gasteiger partial charge in [0.15, 0.2) is 4.88 Å². The van der Waals surface area contributed by atoms with Crippen LogP contribution in [-0.2, 0) is 4.74 Å². The second-order valence-electron chi connectivity index (χ2n) is 5.78. The fourth-order valence-corrected chi connectivity index (χ4v) is 3.00. The number of nitro groups is 1. The summed E-state index contributed by atoms with van der Waals surface area (Å²) in [5, 5.41) is 16.0. The Balaban J connectivity index is 2.58. The number of nitrogens with zero attached hydrogens (tertiary/aromatic N) is 1. The van der Waals surface area contributed by atoms with E-state index in [4.69, 9.17) is 4.74 Å². The Bertz CT molecular complexity index is 611. The van der Waals surface area contributed by atoms with E-state index in [-0.39, 0.29) is 17.1 Å². The van der Waals surface area contributed by atoms with Crippen LogP contribution < -0.4 is 10.6 Å². The van der Waals surface area contributed by atoms with Crippen molar-refractivity contribution in [1.82, 2.24) is 10.6 Å². The Hall–Kier alpha value is -1.68. The molecule has 1 aromatic rings. The summed E-state index contributed by atoms with van der Waals surface area (Å²) in [5.41, 5.74) is -0.868. The summed E-state index contributed by atoms with van der Waals surface area (Å²) in [7, 11) is 0. The Kier molecular flexibility index (Phi) is 6.51. The maximum Gasteiger partial charge on any atom is 0.407 e. The molecule has 23 heavy (non-hydrogen) atoms. The molecule has 2 N–H and O–H groups in total. The number of alkyl carbamates (subject to hydrolysis) is 1. The van der Waals surface area contributed by atoms with E-state index in [2.05, 4.69) is 26.6 Å². The maximum atomic E-state index is 12.1. The number of rotatable bonds is 5. The normalized spacial score (nSPS) is 12.4. The Labute approximate surface area is 145 Å². The van der Waals surface area contributed by atoms with Crippen molar-refractivity contribution in [1.29, 1.82) is 0 Å². The van der Waals surface area contributed by atoms with Crippen LogP contribution in [0.25, 0.3) is 0 Å². The monoisotopic (exact) mass is 407 g/mol. The maximum absolute atomic E-state index is 12.1. The molecule has 0 aliphatic carbocycles. The van der Waals surface area contributed by atoms with Crippen LogP contribution in [0.3, 0.4) is 0 Å². The van der Waals surface area contributed by atoms with Gasteiger partial charge in [0, 0.05) is 18.7 Å². The van der Waals surface area contributed by atoms with Gasteiger partial charge in [-0.2, -0.15) is 0 Å².